The van der Waals surface area contributed by atoms with Crippen LogP contribution in [0, 0.1) is 0 Å². The lowest BCUT2D eigenvalue weighted by atomic mass is 10.1. The Hall–Kier alpha value is -2.45. The average Bonchev–Trinajstić information content (AvgIpc) is 3.05. The maximum atomic E-state index is 12.2. The summed E-state index contributed by atoms with van der Waals surface area (Å²) in [5.41, 5.74) is 2.35. The molecule has 2 rings (SSSR count). The van der Waals surface area contributed by atoms with Gasteiger partial charge < -0.3 is 25.6 Å². The van der Waals surface area contributed by atoms with Gasteiger partial charge in [-0.15, -0.1) is 0 Å². The summed E-state index contributed by atoms with van der Waals surface area (Å²) in [4.78, 5) is 37.0. The van der Waals surface area contributed by atoms with Crippen LogP contribution in [-0.2, 0) is 20.7 Å². The third kappa shape index (κ3) is 5.53. The Kier molecular flexibility index (Phi) is 7.55. The van der Waals surface area contributed by atoms with Crippen molar-refractivity contribution in [3.05, 3.63) is 29.3 Å². The molecule has 0 unspecified atom stereocenters. The molecule has 3 amide bonds. The van der Waals surface area contributed by atoms with Crippen molar-refractivity contribution in [2.24, 2.45) is 0 Å². The first-order chi connectivity index (χ1) is 12.5. The van der Waals surface area contributed by atoms with E-state index >= 15 is 0 Å². The molecule has 1 heterocycles. The van der Waals surface area contributed by atoms with E-state index in [1.807, 2.05) is 6.07 Å². The van der Waals surface area contributed by atoms with E-state index in [1.54, 1.807) is 24.1 Å². The monoisotopic (exact) mass is 362 g/mol. The molecule has 26 heavy (non-hydrogen) atoms. The number of rotatable bonds is 9. The molecule has 0 saturated carbocycles. The van der Waals surface area contributed by atoms with Crippen LogP contribution >= 0.6 is 0 Å². The Labute approximate surface area is 153 Å². The Balaban J connectivity index is 1.87. The van der Waals surface area contributed by atoms with Gasteiger partial charge in [-0.2, -0.15) is 0 Å². The van der Waals surface area contributed by atoms with Crippen LogP contribution in [0.5, 0.6) is 0 Å². The predicted octanol–water partition coefficient (Wildman–Crippen LogP) is -0.322. The van der Waals surface area contributed by atoms with Crippen molar-refractivity contribution in [3.8, 4) is 0 Å². The van der Waals surface area contributed by atoms with Gasteiger partial charge in [-0.1, -0.05) is 0 Å². The Morgan fingerprint density at radius 1 is 1.15 bits per heavy atom. The molecular formula is C18H26N4O4. The van der Waals surface area contributed by atoms with Crippen molar-refractivity contribution in [2.75, 3.05) is 51.3 Å². The summed E-state index contributed by atoms with van der Waals surface area (Å²) in [6, 6.07) is 5.34. The van der Waals surface area contributed by atoms with E-state index in [9.17, 15) is 14.4 Å². The van der Waals surface area contributed by atoms with Crippen LogP contribution in [-0.4, -0.2) is 64.2 Å². The van der Waals surface area contributed by atoms with E-state index in [1.165, 1.54) is 6.92 Å². The molecule has 0 atom stereocenters. The first-order valence-corrected chi connectivity index (χ1v) is 8.68. The van der Waals surface area contributed by atoms with Crippen molar-refractivity contribution in [1.29, 1.82) is 0 Å². The number of methoxy groups -OCH3 is 1. The molecule has 0 spiro atoms. The minimum atomic E-state index is -0.235. The van der Waals surface area contributed by atoms with Crippen LogP contribution in [0.15, 0.2) is 18.2 Å². The van der Waals surface area contributed by atoms with Crippen molar-refractivity contribution in [1.82, 2.24) is 16.0 Å². The minimum absolute atomic E-state index is 0.0208. The van der Waals surface area contributed by atoms with Gasteiger partial charge in [0.2, 0.25) is 11.8 Å². The second-order valence-corrected chi connectivity index (χ2v) is 6.05. The molecule has 3 N–H and O–H groups in total. The highest BCUT2D eigenvalue weighted by Crippen LogP contribution is 2.28. The number of ether oxygens (including phenoxy) is 1. The number of amides is 3. The topological polar surface area (TPSA) is 99.8 Å². The number of nitrogens with one attached hydrogen (secondary N) is 3. The van der Waals surface area contributed by atoms with Gasteiger partial charge in [-0.3, -0.25) is 14.4 Å². The molecule has 1 aliphatic rings. The van der Waals surface area contributed by atoms with Gasteiger partial charge in [-0.05, 0) is 30.2 Å². The summed E-state index contributed by atoms with van der Waals surface area (Å²) in [5, 5.41) is 8.54. The van der Waals surface area contributed by atoms with Crippen molar-refractivity contribution in [3.63, 3.8) is 0 Å². The Morgan fingerprint density at radius 2 is 1.96 bits per heavy atom. The number of fused-ring (bicyclic) bond motifs is 1. The number of hydrogen-bond acceptors (Lipinski definition) is 5. The highest BCUT2D eigenvalue weighted by molar-refractivity contribution is 6.00. The smallest absolute Gasteiger partial charge is 0.251 e. The van der Waals surface area contributed by atoms with Crippen LogP contribution in [0.3, 0.4) is 0 Å². The molecule has 8 nitrogen and oxygen atoms in total. The summed E-state index contributed by atoms with van der Waals surface area (Å²) < 4.78 is 4.94. The van der Waals surface area contributed by atoms with Crippen LogP contribution in [0.25, 0.3) is 0 Å². The number of anilines is 1. The van der Waals surface area contributed by atoms with Gasteiger partial charge in [0.05, 0.1) is 13.2 Å². The largest absolute Gasteiger partial charge is 0.383 e. The lowest BCUT2D eigenvalue weighted by Gasteiger charge is -2.17. The highest BCUT2D eigenvalue weighted by Gasteiger charge is 2.25. The van der Waals surface area contributed by atoms with Gasteiger partial charge >= 0.3 is 0 Å². The molecule has 0 aliphatic carbocycles. The fourth-order valence-electron chi connectivity index (χ4n) is 2.76. The van der Waals surface area contributed by atoms with Crippen LogP contribution in [0.2, 0.25) is 0 Å². The SMILES string of the molecule is COCCNCCNC(=O)c1ccc2c(c1)CCN2C(=O)CNC(C)=O. The van der Waals surface area contributed by atoms with E-state index in [0.717, 1.165) is 17.8 Å². The average molecular weight is 362 g/mol. The molecule has 8 heteroatoms. The van der Waals surface area contributed by atoms with Crippen LogP contribution in [0.1, 0.15) is 22.8 Å². The van der Waals surface area contributed by atoms with E-state index < -0.39 is 0 Å². The Bertz CT molecular complexity index is 663. The molecule has 0 bridgehead atoms. The maximum Gasteiger partial charge on any atom is 0.251 e. The third-order valence-electron chi connectivity index (χ3n) is 4.10. The van der Waals surface area contributed by atoms with E-state index in [4.69, 9.17) is 4.74 Å². The zero-order valence-corrected chi connectivity index (χ0v) is 15.3. The van der Waals surface area contributed by atoms with Gasteiger partial charge in [0.15, 0.2) is 0 Å². The number of carbonyl (C=O) groups excluding carboxylic acids is 3. The van der Waals surface area contributed by atoms with Gasteiger partial charge in [-0.25, -0.2) is 0 Å². The quantitative estimate of drug-likeness (QED) is 0.523. The zero-order valence-electron chi connectivity index (χ0n) is 15.3. The fourth-order valence-corrected chi connectivity index (χ4v) is 2.76. The normalized spacial score (nSPS) is 12.6. The molecule has 0 radical (unpaired) electrons. The lowest BCUT2D eigenvalue weighted by molar-refractivity contribution is -0.123. The van der Waals surface area contributed by atoms with Gasteiger partial charge in [0.1, 0.15) is 0 Å². The summed E-state index contributed by atoms with van der Waals surface area (Å²) >= 11 is 0. The summed E-state index contributed by atoms with van der Waals surface area (Å²) in [6.07, 6.45) is 0.695. The molecule has 1 aromatic carbocycles. The van der Waals surface area contributed by atoms with Gasteiger partial charge in [0.25, 0.3) is 5.91 Å². The highest BCUT2D eigenvalue weighted by atomic mass is 16.5. The maximum absolute atomic E-state index is 12.2. The fraction of sp³-hybridized carbons (Fsp3) is 0.500. The molecule has 0 aromatic heterocycles. The van der Waals surface area contributed by atoms with Crippen LogP contribution in [0.4, 0.5) is 5.69 Å². The molecule has 0 saturated heterocycles. The lowest BCUT2D eigenvalue weighted by Crippen LogP contribution is -2.38. The third-order valence-corrected chi connectivity index (χ3v) is 4.10. The van der Waals surface area contributed by atoms with E-state index in [2.05, 4.69) is 16.0 Å². The first kappa shape index (κ1) is 19.9. The minimum Gasteiger partial charge on any atom is -0.383 e. The standard InChI is InChI=1S/C18H26N4O4/c1-13(23)21-12-17(24)22-9-5-14-11-15(3-4-16(14)22)18(25)20-7-6-19-8-10-26-2/h3-4,11,19H,5-10,12H2,1-2H3,(H,20,25)(H,21,23). The van der Waals surface area contributed by atoms with Crippen molar-refractivity contribution in [2.45, 2.75) is 13.3 Å². The van der Waals surface area contributed by atoms with E-state index in [0.29, 0.717) is 38.2 Å². The van der Waals surface area contributed by atoms with Crippen LogP contribution < -0.4 is 20.9 Å². The second-order valence-electron chi connectivity index (χ2n) is 6.05. The number of benzene rings is 1. The van der Waals surface area contributed by atoms with E-state index in [-0.39, 0.29) is 24.3 Å². The second kappa shape index (κ2) is 9.88. The number of carbonyl (C=O) groups is 3. The molecular weight excluding hydrogens is 336 g/mol. The van der Waals surface area contributed by atoms with Crippen molar-refractivity contribution < 1.29 is 19.1 Å². The molecule has 0 fully saturated rings. The molecule has 142 valence electrons. The molecule has 1 aromatic rings. The predicted molar refractivity (Wildman–Crippen MR) is 98.3 cm³/mol. The summed E-state index contributed by atoms with van der Waals surface area (Å²) in [6.45, 7) is 4.49. The molecule has 1 aliphatic heterocycles. The summed E-state index contributed by atoms with van der Waals surface area (Å²) in [5.74, 6) is -0.524. The Morgan fingerprint density at radius 3 is 2.69 bits per heavy atom. The zero-order chi connectivity index (χ0) is 18.9. The summed E-state index contributed by atoms with van der Waals surface area (Å²) in [7, 11) is 1.64. The number of hydrogen-bond donors (Lipinski definition) is 3. The van der Waals surface area contributed by atoms with Gasteiger partial charge in [0, 0.05) is 51.5 Å². The number of nitrogens with zero attached hydrogens (tertiary/aromatic N) is 1. The first-order valence-electron chi connectivity index (χ1n) is 8.68. The van der Waals surface area contributed by atoms with Crippen molar-refractivity contribution >= 4 is 23.4 Å².